The number of fused-ring (bicyclic) bond motifs is 3. The maximum atomic E-state index is 5.24. The van der Waals surface area contributed by atoms with Gasteiger partial charge in [-0.15, -0.1) is 0 Å². The molecular weight excluding hydrogens is 623 g/mol. The molecule has 0 saturated heterocycles. The number of hydrogen-bond acceptors (Lipinski definition) is 5. The minimum Gasteiger partial charge on any atom is -0.251 e. The molecule has 5 heteroatoms. The maximum absolute atomic E-state index is 5.24. The molecule has 0 bridgehead atoms. The molecule has 0 N–H and O–H groups in total. The molecule has 0 amide bonds. The normalized spacial score (nSPS) is 11.2. The molecule has 240 valence electrons. The largest absolute Gasteiger partial charge is 0.251 e. The summed E-state index contributed by atoms with van der Waals surface area (Å²) in [5.74, 6) is 1.92. The summed E-state index contributed by atoms with van der Waals surface area (Å²) >= 11 is 0. The molecule has 0 atom stereocenters. The van der Waals surface area contributed by atoms with Gasteiger partial charge in [-0.2, -0.15) is 0 Å². The van der Waals surface area contributed by atoms with E-state index < -0.39 is 0 Å². The third-order valence-electron chi connectivity index (χ3n) is 9.20. The molecule has 0 fully saturated rings. The molecule has 0 spiro atoms. The molecule has 3 heterocycles. The molecule has 0 aliphatic carbocycles. The number of nitrogens with zero attached hydrogens (tertiary/aromatic N) is 5. The van der Waals surface area contributed by atoms with E-state index in [1.807, 2.05) is 73.7 Å². The summed E-state index contributed by atoms with van der Waals surface area (Å²) in [7, 11) is 0. The van der Waals surface area contributed by atoms with Crippen LogP contribution in [0.4, 0.5) is 0 Å². The second-order valence-corrected chi connectivity index (χ2v) is 12.6. The molecule has 0 unspecified atom stereocenters. The van der Waals surface area contributed by atoms with Crippen molar-refractivity contribution in [2.45, 2.75) is 6.92 Å². The van der Waals surface area contributed by atoms with Gasteiger partial charge >= 0.3 is 0 Å². The lowest BCUT2D eigenvalue weighted by atomic mass is 9.96. The second kappa shape index (κ2) is 12.9. The summed E-state index contributed by atoms with van der Waals surface area (Å²) in [4.78, 5) is 24.9. The van der Waals surface area contributed by atoms with Crippen LogP contribution in [-0.2, 0) is 0 Å². The Hall–Kier alpha value is -6.85. The summed E-state index contributed by atoms with van der Waals surface area (Å²) in [5.41, 5.74) is 12.0. The summed E-state index contributed by atoms with van der Waals surface area (Å²) in [6.45, 7) is 2.03. The SMILES string of the molecule is Cc1ccc2ccc3c(-c4ccccc4)cc(-c4ccc(-c5cccc(-c6nc(-c7ccccc7)nc(-c7ccccc7)n6)c5)cc4)nc3c2n1. The van der Waals surface area contributed by atoms with E-state index in [-0.39, 0.29) is 0 Å². The van der Waals surface area contributed by atoms with Crippen molar-refractivity contribution in [2.75, 3.05) is 0 Å². The van der Waals surface area contributed by atoms with Crippen LogP contribution in [0.2, 0.25) is 0 Å². The molecule has 0 saturated carbocycles. The van der Waals surface area contributed by atoms with Crippen LogP contribution in [0, 0.1) is 6.92 Å². The highest BCUT2D eigenvalue weighted by Crippen LogP contribution is 2.36. The fourth-order valence-corrected chi connectivity index (χ4v) is 6.58. The fourth-order valence-electron chi connectivity index (χ4n) is 6.58. The van der Waals surface area contributed by atoms with Crippen molar-refractivity contribution >= 4 is 21.8 Å². The van der Waals surface area contributed by atoms with Gasteiger partial charge < -0.3 is 0 Å². The molecule has 3 aromatic heterocycles. The van der Waals surface area contributed by atoms with Gasteiger partial charge in [0.15, 0.2) is 17.5 Å². The molecule has 0 aliphatic heterocycles. The van der Waals surface area contributed by atoms with Gasteiger partial charge in [-0.25, -0.2) is 19.9 Å². The van der Waals surface area contributed by atoms with Crippen molar-refractivity contribution in [2.24, 2.45) is 0 Å². The van der Waals surface area contributed by atoms with Crippen LogP contribution in [0.5, 0.6) is 0 Å². The summed E-state index contributed by atoms with van der Waals surface area (Å²) in [6.07, 6.45) is 0. The summed E-state index contributed by atoms with van der Waals surface area (Å²) in [5, 5.41) is 2.17. The van der Waals surface area contributed by atoms with Gasteiger partial charge in [0.05, 0.1) is 16.7 Å². The molecular formula is C46H31N5. The van der Waals surface area contributed by atoms with E-state index in [9.17, 15) is 0 Å². The van der Waals surface area contributed by atoms with E-state index >= 15 is 0 Å². The van der Waals surface area contributed by atoms with Gasteiger partial charge in [0.25, 0.3) is 0 Å². The number of aromatic nitrogens is 5. The fraction of sp³-hybridized carbons (Fsp3) is 0.0217. The van der Waals surface area contributed by atoms with E-state index in [1.165, 1.54) is 0 Å². The van der Waals surface area contributed by atoms with Crippen molar-refractivity contribution < 1.29 is 0 Å². The first-order valence-corrected chi connectivity index (χ1v) is 17.0. The third-order valence-corrected chi connectivity index (χ3v) is 9.20. The van der Waals surface area contributed by atoms with Crippen LogP contribution in [-0.4, -0.2) is 24.9 Å². The zero-order chi connectivity index (χ0) is 34.1. The number of aryl methyl sites for hydroxylation is 1. The van der Waals surface area contributed by atoms with Crippen LogP contribution in [0.25, 0.3) is 89.5 Å². The number of benzene rings is 6. The number of pyridine rings is 2. The standard InChI is InChI=1S/C46H31N5/c1-30-20-21-34-26-27-39-40(32-12-5-2-6-13-32)29-41(48-43(39)42(34)47-30)33-24-22-31(23-25-33)37-18-11-19-38(28-37)46-50-44(35-14-7-3-8-15-35)49-45(51-46)36-16-9-4-10-17-36/h2-29H,1H3. The average molecular weight is 654 g/mol. The molecule has 51 heavy (non-hydrogen) atoms. The van der Waals surface area contributed by atoms with Crippen molar-refractivity contribution in [1.29, 1.82) is 0 Å². The van der Waals surface area contributed by atoms with Crippen LogP contribution in [0.1, 0.15) is 5.69 Å². The van der Waals surface area contributed by atoms with Crippen molar-refractivity contribution in [3.05, 3.63) is 176 Å². The number of rotatable bonds is 6. The highest BCUT2D eigenvalue weighted by atomic mass is 15.0. The Balaban J connectivity index is 1.12. The lowest BCUT2D eigenvalue weighted by Gasteiger charge is -2.13. The molecule has 5 nitrogen and oxygen atoms in total. The van der Waals surface area contributed by atoms with E-state index in [4.69, 9.17) is 24.9 Å². The van der Waals surface area contributed by atoms with Gasteiger partial charge in [0, 0.05) is 38.7 Å². The number of hydrogen-bond donors (Lipinski definition) is 0. The minimum atomic E-state index is 0.631. The highest BCUT2D eigenvalue weighted by molar-refractivity contribution is 6.09. The van der Waals surface area contributed by atoms with Crippen molar-refractivity contribution in [3.63, 3.8) is 0 Å². The Morgan fingerprint density at radius 1 is 0.333 bits per heavy atom. The van der Waals surface area contributed by atoms with E-state index in [0.29, 0.717) is 17.5 Å². The Kier molecular flexibility index (Phi) is 7.63. The lowest BCUT2D eigenvalue weighted by molar-refractivity contribution is 1.07. The highest BCUT2D eigenvalue weighted by Gasteiger charge is 2.15. The van der Waals surface area contributed by atoms with Crippen LogP contribution < -0.4 is 0 Å². The summed E-state index contributed by atoms with van der Waals surface area (Å²) in [6, 6.07) is 58.3. The monoisotopic (exact) mass is 653 g/mol. The van der Waals surface area contributed by atoms with Gasteiger partial charge in [-0.3, -0.25) is 4.98 Å². The molecule has 0 aliphatic rings. The average Bonchev–Trinajstić information content (AvgIpc) is 3.21. The molecule has 9 rings (SSSR count). The Morgan fingerprint density at radius 3 is 1.51 bits per heavy atom. The van der Waals surface area contributed by atoms with E-state index in [0.717, 1.165) is 77.7 Å². The zero-order valence-electron chi connectivity index (χ0n) is 27.9. The Morgan fingerprint density at radius 2 is 0.863 bits per heavy atom. The lowest BCUT2D eigenvalue weighted by Crippen LogP contribution is -2.00. The van der Waals surface area contributed by atoms with Crippen molar-refractivity contribution in [1.82, 2.24) is 24.9 Å². The van der Waals surface area contributed by atoms with Crippen LogP contribution in [0.3, 0.4) is 0 Å². The second-order valence-electron chi connectivity index (χ2n) is 12.6. The first-order valence-electron chi connectivity index (χ1n) is 17.0. The first kappa shape index (κ1) is 30.2. The minimum absolute atomic E-state index is 0.631. The quantitative estimate of drug-likeness (QED) is 0.167. The van der Waals surface area contributed by atoms with Gasteiger partial charge in [0.1, 0.15) is 0 Å². The molecule has 0 radical (unpaired) electrons. The van der Waals surface area contributed by atoms with E-state index in [2.05, 4.69) is 103 Å². The van der Waals surface area contributed by atoms with Crippen LogP contribution >= 0.6 is 0 Å². The van der Waals surface area contributed by atoms with Crippen LogP contribution in [0.15, 0.2) is 170 Å². The first-order chi connectivity index (χ1) is 25.2. The summed E-state index contributed by atoms with van der Waals surface area (Å²) < 4.78 is 0. The topological polar surface area (TPSA) is 64.5 Å². The molecule has 9 aromatic rings. The van der Waals surface area contributed by atoms with Gasteiger partial charge in [-0.1, -0.05) is 152 Å². The van der Waals surface area contributed by atoms with Crippen molar-refractivity contribution in [3.8, 4) is 67.7 Å². The molecule has 6 aromatic carbocycles. The maximum Gasteiger partial charge on any atom is 0.164 e. The zero-order valence-corrected chi connectivity index (χ0v) is 27.9. The predicted molar refractivity (Wildman–Crippen MR) is 208 cm³/mol. The van der Waals surface area contributed by atoms with Gasteiger partial charge in [0.2, 0.25) is 0 Å². The third kappa shape index (κ3) is 5.91. The predicted octanol–water partition coefficient (Wildman–Crippen LogP) is 11.3. The van der Waals surface area contributed by atoms with Gasteiger partial charge in [-0.05, 0) is 47.4 Å². The smallest absolute Gasteiger partial charge is 0.164 e. The Labute approximate surface area is 296 Å². The Bertz CT molecular complexity index is 2620. The van der Waals surface area contributed by atoms with E-state index in [1.54, 1.807) is 0 Å².